The Morgan fingerprint density at radius 3 is 2.62 bits per heavy atom. The van der Waals surface area contributed by atoms with Crippen LogP contribution in [0.2, 0.25) is 0 Å². The summed E-state index contributed by atoms with van der Waals surface area (Å²) in [5.41, 5.74) is 5.40. The van der Waals surface area contributed by atoms with E-state index in [1.54, 1.807) is 0 Å². The molecule has 122 valence electrons. The fourth-order valence-electron chi connectivity index (χ4n) is 3.04. The van der Waals surface area contributed by atoms with Crippen molar-refractivity contribution in [3.63, 3.8) is 0 Å². The van der Waals surface area contributed by atoms with E-state index in [1.165, 1.54) is 29.2 Å². The number of nitrogens with zero attached hydrogens (tertiary/aromatic N) is 4. The first-order valence-electron chi connectivity index (χ1n) is 7.00. The molecule has 24 heavy (non-hydrogen) atoms. The van der Waals surface area contributed by atoms with E-state index in [-0.39, 0.29) is 34.2 Å². The fraction of sp³-hybridized carbons (Fsp3) is 0.214. The lowest BCUT2D eigenvalue weighted by Crippen LogP contribution is -2.36. The third-order valence-electron chi connectivity index (χ3n) is 4.03. The van der Waals surface area contributed by atoms with Gasteiger partial charge in [-0.1, -0.05) is 18.2 Å². The monoisotopic (exact) mass is 328 g/mol. The Bertz CT molecular complexity index is 853. The molecule has 3 rings (SSSR count). The lowest BCUT2D eigenvalue weighted by atomic mass is 9.85. The minimum atomic E-state index is -1.21. The molecule has 0 aliphatic carbocycles. The van der Waals surface area contributed by atoms with Gasteiger partial charge >= 0.3 is 0 Å². The van der Waals surface area contributed by atoms with Gasteiger partial charge in [-0.05, 0) is 0 Å². The van der Waals surface area contributed by atoms with Crippen LogP contribution in [0, 0.1) is 31.6 Å². The molecule has 0 radical (unpaired) electrons. The van der Waals surface area contributed by atoms with E-state index < -0.39 is 15.8 Å². The number of para-hydroxylation sites is 1. The van der Waals surface area contributed by atoms with Gasteiger partial charge in [-0.15, -0.1) is 0 Å². The zero-order valence-corrected chi connectivity index (χ0v) is 12.3. The number of benzene rings is 1. The highest BCUT2D eigenvalue weighted by Gasteiger charge is 2.46. The first kappa shape index (κ1) is 15.3. The highest BCUT2D eigenvalue weighted by atomic mass is 16.6. The molecule has 1 atom stereocenters. The molecule has 0 aromatic heterocycles. The zero-order chi connectivity index (χ0) is 17.4. The van der Waals surface area contributed by atoms with Crippen LogP contribution < -0.4 is 11.1 Å². The molecule has 1 aromatic carbocycles. The van der Waals surface area contributed by atoms with E-state index in [4.69, 9.17) is 5.73 Å². The summed E-state index contributed by atoms with van der Waals surface area (Å²) in [4.78, 5) is 23.2. The number of nitro groups is 2. The molecular formula is C14H12N6O4. The van der Waals surface area contributed by atoms with Gasteiger partial charge in [-0.2, -0.15) is 5.26 Å². The van der Waals surface area contributed by atoms with Crippen molar-refractivity contribution in [2.75, 3.05) is 13.1 Å². The number of rotatable bonds is 3. The molecule has 1 unspecified atom stereocenters. The molecule has 2 heterocycles. The summed E-state index contributed by atoms with van der Waals surface area (Å²) in [6.45, 7) is 0.809. The third kappa shape index (κ3) is 2.11. The van der Waals surface area contributed by atoms with Crippen molar-refractivity contribution >= 4 is 5.69 Å². The SMILES string of the molecule is N#CC1=C(N)N2CCNC2=C([N+](=O)[O-])C1c1ccccc1[N+](=O)[O-]. The molecule has 10 heteroatoms. The van der Waals surface area contributed by atoms with Crippen LogP contribution in [0.1, 0.15) is 11.5 Å². The Morgan fingerprint density at radius 2 is 2.00 bits per heavy atom. The van der Waals surface area contributed by atoms with Crippen LogP contribution in [-0.2, 0) is 0 Å². The topological polar surface area (TPSA) is 151 Å². The van der Waals surface area contributed by atoms with Gasteiger partial charge in [0, 0.05) is 24.7 Å². The second kappa shape index (κ2) is 5.54. The Hall–Kier alpha value is -3.61. The van der Waals surface area contributed by atoms with E-state index in [2.05, 4.69) is 5.32 Å². The molecule has 0 bridgehead atoms. The zero-order valence-electron chi connectivity index (χ0n) is 12.3. The summed E-state index contributed by atoms with van der Waals surface area (Å²) in [7, 11) is 0. The van der Waals surface area contributed by atoms with Crippen molar-refractivity contribution in [1.29, 1.82) is 5.26 Å². The first-order chi connectivity index (χ1) is 11.5. The van der Waals surface area contributed by atoms with E-state index in [9.17, 15) is 25.5 Å². The number of nitro benzene ring substituents is 1. The van der Waals surface area contributed by atoms with Gasteiger partial charge in [0.15, 0.2) is 5.82 Å². The maximum absolute atomic E-state index is 11.7. The minimum absolute atomic E-state index is 0.0644. The smallest absolute Gasteiger partial charge is 0.299 e. The maximum Gasteiger partial charge on any atom is 0.299 e. The second-order valence-electron chi connectivity index (χ2n) is 5.23. The van der Waals surface area contributed by atoms with E-state index in [1.807, 2.05) is 6.07 Å². The number of nitriles is 1. The van der Waals surface area contributed by atoms with Gasteiger partial charge in [0.05, 0.1) is 21.5 Å². The normalized spacial score (nSPS) is 19.6. The molecule has 1 saturated heterocycles. The van der Waals surface area contributed by atoms with Crippen LogP contribution in [-0.4, -0.2) is 27.8 Å². The van der Waals surface area contributed by atoms with Gasteiger partial charge in [0.25, 0.3) is 11.4 Å². The van der Waals surface area contributed by atoms with Gasteiger partial charge in [0.2, 0.25) is 0 Å². The van der Waals surface area contributed by atoms with Crippen molar-refractivity contribution < 1.29 is 9.85 Å². The number of allylic oxidation sites excluding steroid dienone is 1. The summed E-state index contributed by atoms with van der Waals surface area (Å²) in [6.07, 6.45) is 0. The quantitative estimate of drug-likeness (QED) is 0.608. The van der Waals surface area contributed by atoms with Crippen molar-refractivity contribution in [2.45, 2.75) is 5.92 Å². The van der Waals surface area contributed by atoms with Crippen LogP contribution in [0.3, 0.4) is 0 Å². The molecule has 3 N–H and O–H groups in total. The van der Waals surface area contributed by atoms with Crippen LogP contribution in [0.5, 0.6) is 0 Å². The molecule has 0 spiro atoms. The number of fused-ring (bicyclic) bond motifs is 1. The predicted octanol–water partition coefficient (Wildman–Crippen LogP) is 0.737. The van der Waals surface area contributed by atoms with Crippen molar-refractivity contribution in [1.82, 2.24) is 10.2 Å². The van der Waals surface area contributed by atoms with Gasteiger partial charge in [0.1, 0.15) is 11.7 Å². The van der Waals surface area contributed by atoms with Gasteiger partial charge in [-0.25, -0.2) is 0 Å². The summed E-state index contributed by atoms with van der Waals surface area (Å²) in [5, 5.41) is 35.4. The average molecular weight is 328 g/mol. The standard InChI is InChI=1S/C14H12N6O4/c15-7-9-11(8-3-1-2-4-10(8)19(21)22)12(20(23)24)14-17-5-6-18(14)13(9)16/h1-4,11,17H,5-6,16H2. The lowest BCUT2D eigenvalue weighted by molar-refractivity contribution is -0.432. The van der Waals surface area contributed by atoms with Crippen LogP contribution >= 0.6 is 0 Å². The van der Waals surface area contributed by atoms with Crippen molar-refractivity contribution in [2.24, 2.45) is 5.73 Å². The van der Waals surface area contributed by atoms with Crippen LogP contribution in [0.15, 0.2) is 47.2 Å². The first-order valence-corrected chi connectivity index (χ1v) is 7.00. The average Bonchev–Trinajstić information content (AvgIpc) is 3.03. The Kier molecular flexibility index (Phi) is 3.53. The highest BCUT2D eigenvalue weighted by Crippen LogP contribution is 2.43. The third-order valence-corrected chi connectivity index (χ3v) is 4.03. The largest absolute Gasteiger partial charge is 0.384 e. The van der Waals surface area contributed by atoms with Crippen molar-refractivity contribution in [3.05, 3.63) is 73.0 Å². The number of nitrogens with one attached hydrogen (secondary N) is 1. The van der Waals surface area contributed by atoms with Crippen molar-refractivity contribution in [3.8, 4) is 6.07 Å². The minimum Gasteiger partial charge on any atom is -0.384 e. The Morgan fingerprint density at radius 1 is 1.29 bits per heavy atom. The molecular weight excluding hydrogens is 316 g/mol. The number of nitrogens with two attached hydrogens (primary N) is 1. The fourth-order valence-corrected chi connectivity index (χ4v) is 3.04. The summed E-state index contributed by atoms with van der Waals surface area (Å²) in [5.74, 6) is -0.950. The van der Waals surface area contributed by atoms with Gasteiger partial charge < -0.3 is 16.0 Å². The molecule has 10 nitrogen and oxygen atoms in total. The van der Waals surface area contributed by atoms with E-state index in [0.29, 0.717) is 13.1 Å². The summed E-state index contributed by atoms with van der Waals surface area (Å²) < 4.78 is 0. The van der Waals surface area contributed by atoms with E-state index >= 15 is 0 Å². The number of hydrogen-bond donors (Lipinski definition) is 2. The molecule has 1 fully saturated rings. The predicted molar refractivity (Wildman–Crippen MR) is 81.4 cm³/mol. The van der Waals surface area contributed by atoms with E-state index in [0.717, 1.165) is 0 Å². The lowest BCUT2D eigenvalue weighted by Gasteiger charge is -2.28. The van der Waals surface area contributed by atoms with Gasteiger partial charge in [-0.3, -0.25) is 20.2 Å². The Balaban J connectivity index is 2.31. The Labute approximate surface area is 135 Å². The molecule has 2 aliphatic rings. The second-order valence-corrected chi connectivity index (χ2v) is 5.23. The molecule has 1 aromatic rings. The summed E-state index contributed by atoms with van der Waals surface area (Å²) in [6, 6.07) is 7.53. The molecule has 2 aliphatic heterocycles. The molecule has 0 saturated carbocycles. The highest BCUT2D eigenvalue weighted by molar-refractivity contribution is 5.55. The molecule has 0 amide bonds. The number of hydrogen-bond acceptors (Lipinski definition) is 8. The maximum atomic E-state index is 11.7. The summed E-state index contributed by atoms with van der Waals surface area (Å²) >= 11 is 0. The van der Waals surface area contributed by atoms with Crippen LogP contribution in [0.4, 0.5) is 5.69 Å². The van der Waals surface area contributed by atoms with Crippen LogP contribution in [0.25, 0.3) is 0 Å².